The number of hydrogen-bond donors (Lipinski definition) is 2. The minimum absolute atomic E-state index is 0.0145. The van der Waals surface area contributed by atoms with Crippen LogP contribution < -0.4 is 9.86 Å². The summed E-state index contributed by atoms with van der Waals surface area (Å²) >= 11 is 0. The molecule has 0 amide bonds. The summed E-state index contributed by atoms with van der Waals surface area (Å²) in [5.41, 5.74) is 1.55. The summed E-state index contributed by atoms with van der Waals surface area (Å²) in [6.45, 7) is 6.60. The topological polar surface area (TPSA) is 106 Å². The molecule has 1 aromatic rings. The summed E-state index contributed by atoms with van der Waals surface area (Å²) in [6.07, 6.45) is 0.486. The third-order valence-electron chi connectivity index (χ3n) is 2.97. The summed E-state index contributed by atoms with van der Waals surface area (Å²) in [6, 6.07) is 2.77. The first-order chi connectivity index (χ1) is 8.99. The standard InChI is InChI=1S/C12H20N2O4S2/c1-5-10-7-11(19(13,15)16)6-9(4)12(10)14-20(17,18)8(2)3/h6-8,14H,5H2,1-4H3,(H2,13,15,16). The van der Waals surface area contributed by atoms with Gasteiger partial charge in [-0.15, -0.1) is 0 Å². The molecule has 1 aromatic carbocycles. The van der Waals surface area contributed by atoms with Crippen LogP contribution in [-0.2, 0) is 26.5 Å². The maximum atomic E-state index is 11.9. The van der Waals surface area contributed by atoms with E-state index in [1.54, 1.807) is 20.8 Å². The second kappa shape index (κ2) is 5.71. The monoisotopic (exact) mass is 320 g/mol. The SMILES string of the molecule is CCc1cc(S(N)(=O)=O)cc(C)c1NS(=O)(=O)C(C)C. The molecule has 0 atom stereocenters. The zero-order chi connectivity index (χ0) is 15.7. The van der Waals surface area contributed by atoms with Crippen molar-refractivity contribution in [3.8, 4) is 0 Å². The molecule has 6 nitrogen and oxygen atoms in total. The van der Waals surface area contributed by atoms with Crippen molar-refractivity contribution in [1.29, 1.82) is 0 Å². The Balaban J connectivity index is 3.43. The first kappa shape index (κ1) is 16.9. The van der Waals surface area contributed by atoms with E-state index in [1.807, 2.05) is 6.92 Å². The molecule has 3 N–H and O–H groups in total. The number of sulfonamides is 2. The Hall–Kier alpha value is -1.12. The number of hydrogen-bond acceptors (Lipinski definition) is 4. The molecule has 0 aromatic heterocycles. The average molecular weight is 320 g/mol. The maximum absolute atomic E-state index is 11.9. The second-order valence-corrected chi connectivity index (χ2v) is 8.67. The van der Waals surface area contributed by atoms with Crippen LogP contribution >= 0.6 is 0 Å². The van der Waals surface area contributed by atoms with Crippen molar-refractivity contribution in [2.24, 2.45) is 5.14 Å². The van der Waals surface area contributed by atoms with Gasteiger partial charge in [0.15, 0.2) is 0 Å². The summed E-state index contributed by atoms with van der Waals surface area (Å²) in [5.74, 6) is 0. The molecule has 20 heavy (non-hydrogen) atoms. The van der Waals surface area contributed by atoms with Crippen molar-refractivity contribution < 1.29 is 16.8 Å². The molecule has 1 rings (SSSR count). The lowest BCUT2D eigenvalue weighted by Crippen LogP contribution is -2.24. The van der Waals surface area contributed by atoms with Crippen LogP contribution in [0.3, 0.4) is 0 Å². The van der Waals surface area contributed by atoms with Crippen molar-refractivity contribution in [3.63, 3.8) is 0 Å². The van der Waals surface area contributed by atoms with Crippen LogP contribution in [0.25, 0.3) is 0 Å². The van der Waals surface area contributed by atoms with Crippen LogP contribution in [0.2, 0.25) is 0 Å². The fourth-order valence-corrected chi connectivity index (χ4v) is 3.13. The van der Waals surface area contributed by atoms with Crippen molar-refractivity contribution in [2.45, 2.75) is 44.3 Å². The van der Waals surface area contributed by atoms with Gasteiger partial charge in [-0.3, -0.25) is 4.72 Å². The predicted molar refractivity (Wildman–Crippen MR) is 79.6 cm³/mol. The highest BCUT2D eigenvalue weighted by molar-refractivity contribution is 7.93. The smallest absolute Gasteiger partial charge is 0.238 e. The molecule has 114 valence electrons. The van der Waals surface area contributed by atoms with Crippen LogP contribution in [0.15, 0.2) is 17.0 Å². The zero-order valence-electron chi connectivity index (χ0n) is 12.0. The summed E-state index contributed by atoms with van der Waals surface area (Å²) < 4.78 is 49.2. The quantitative estimate of drug-likeness (QED) is 0.854. The molecule has 0 unspecified atom stereocenters. The van der Waals surface area contributed by atoms with Gasteiger partial charge in [-0.1, -0.05) is 6.92 Å². The summed E-state index contributed by atoms with van der Waals surface area (Å²) in [5, 5.41) is 4.53. The van der Waals surface area contributed by atoms with Crippen molar-refractivity contribution >= 4 is 25.7 Å². The Bertz CT molecular complexity index is 707. The lowest BCUT2D eigenvalue weighted by molar-refractivity contribution is 0.592. The Kier molecular flexibility index (Phi) is 4.83. The molecular weight excluding hydrogens is 300 g/mol. The van der Waals surface area contributed by atoms with Crippen LogP contribution in [-0.4, -0.2) is 22.1 Å². The molecule has 0 bridgehead atoms. The highest BCUT2D eigenvalue weighted by atomic mass is 32.2. The molecule has 0 saturated carbocycles. The van der Waals surface area contributed by atoms with E-state index in [-0.39, 0.29) is 4.90 Å². The van der Waals surface area contributed by atoms with Gasteiger partial charge in [0.2, 0.25) is 20.0 Å². The van der Waals surface area contributed by atoms with E-state index < -0.39 is 25.3 Å². The van der Waals surface area contributed by atoms with Gasteiger partial charge >= 0.3 is 0 Å². The van der Waals surface area contributed by atoms with E-state index in [9.17, 15) is 16.8 Å². The number of aryl methyl sites for hydroxylation is 2. The molecule has 0 aliphatic heterocycles. The Labute approximate surface area is 120 Å². The minimum Gasteiger partial charge on any atom is -0.283 e. The number of nitrogens with two attached hydrogens (primary N) is 1. The lowest BCUT2D eigenvalue weighted by atomic mass is 10.1. The first-order valence-corrected chi connectivity index (χ1v) is 9.26. The Morgan fingerprint density at radius 2 is 1.75 bits per heavy atom. The van der Waals surface area contributed by atoms with Gasteiger partial charge in [0.1, 0.15) is 0 Å². The summed E-state index contributed by atoms with van der Waals surface area (Å²) in [4.78, 5) is -0.0145. The molecule has 0 fully saturated rings. The maximum Gasteiger partial charge on any atom is 0.238 e. The molecule has 0 aliphatic carbocycles. The van der Waals surface area contributed by atoms with Crippen molar-refractivity contribution in [2.75, 3.05) is 4.72 Å². The van der Waals surface area contributed by atoms with Gasteiger partial charge in [0.25, 0.3) is 0 Å². The largest absolute Gasteiger partial charge is 0.283 e. The molecule has 0 aliphatic rings. The van der Waals surface area contributed by atoms with Gasteiger partial charge in [-0.25, -0.2) is 22.0 Å². The predicted octanol–water partition coefficient (Wildman–Crippen LogP) is 1.35. The van der Waals surface area contributed by atoms with E-state index in [0.717, 1.165) is 0 Å². The molecular formula is C12H20N2O4S2. The second-order valence-electron chi connectivity index (χ2n) is 4.87. The molecule has 0 spiro atoms. The van der Waals surface area contributed by atoms with E-state index in [0.29, 0.717) is 23.2 Å². The number of nitrogens with one attached hydrogen (secondary N) is 1. The third kappa shape index (κ3) is 3.71. The number of primary sulfonamides is 1. The Morgan fingerprint density at radius 1 is 1.20 bits per heavy atom. The van der Waals surface area contributed by atoms with Gasteiger partial charge < -0.3 is 0 Å². The molecule has 0 saturated heterocycles. The van der Waals surface area contributed by atoms with E-state index in [4.69, 9.17) is 5.14 Å². The highest BCUT2D eigenvalue weighted by Gasteiger charge is 2.20. The molecule has 0 radical (unpaired) electrons. The third-order valence-corrected chi connectivity index (χ3v) is 5.59. The number of rotatable bonds is 5. The van der Waals surface area contributed by atoms with Crippen molar-refractivity contribution in [1.82, 2.24) is 0 Å². The Morgan fingerprint density at radius 3 is 2.15 bits per heavy atom. The highest BCUT2D eigenvalue weighted by Crippen LogP contribution is 2.27. The van der Waals surface area contributed by atoms with Gasteiger partial charge in [-0.2, -0.15) is 0 Å². The minimum atomic E-state index is -3.81. The van der Waals surface area contributed by atoms with Crippen LogP contribution in [0.1, 0.15) is 31.9 Å². The number of benzene rings is 1. The van der Waals surface area contributed by atoms with Gasteiger partial charge in [0.05, 0.1) is 15.8 Å². The average Bonchev–Trinajstić information content (AvgIpc) is 2.29. The van der Waals surface area contributed by atoms with Crippen LogP contribution in [0.4, 0.5) is 5.69 Å². The van der Waals surface area contributed by atoms with Gasteiger partial charge in [0, 0.05) is 0 Å². The fraction of sp³-hybridized carbons (Fsp3) is 0.500. The van der Waals surface area contributed by atoms with E-state index >= 15 is 0 Å². The normalized spacial score (nSPS) is 12.7. The van der Waals surface area contributed by atoms with Gasteiger partial charge in [-0.05, 0) is 50.5 Å². The fourth-order valence-electron chi connectivity index (χ4n) is 1.67. The lowest BCUT2D eigenvalue weighted by Gasteiger charge is -2.17. The van der Waals surface area contributed by atoms with Crippen LogP contribution in [0, 0.1) is 6.92 Å². The van der Waals surface area contributed by atoms with Crippen molar-refractivity contribution in [3.05, 3.63) is 23.3 Å². The zero-order valence-corrected chi connectivity index (χ0v) is 13.6. The number of anilines is 1. The van der Waals surface area contributed by atoms with E-state index in [2.05, 4.69) is 4.72 Å². The van der Waals surface area contributed by atoms with E-state index in [1.165, 1.54) is 12.1 Å². The van der Waals surface area contributed by atoms with Crippen LogP contribution in [0.5, 0.6) is 0 Å². The molecule has 8 heteroatoms. The summed E-state index contributed by atoms with van der Waals surface area (Å²) in [7, 11) is -7.30. The molecule has 0 heterocycles. The first-order valence-electron chi connectivity index (χ1n) is 6.17.